The number of carbonyl (C=O) groups is 1. The first kappa shape index (κ1) is 20.7. The van der Waals surface area contributed by atoms with Crippen LogP contribution < -0.4 is 10.1 Å². The minimum atomic E-state index is 0.0384. The van der Waals surface area contributed by atoms with Crippen molar-refractivity contribution in [3.05, 3.63) is 53.9 Å². The molecule has 0 saturated carbocycles. The lowest BCUT2D eigenvalue weighted by molar-refractivity contribution is 0.0643. The fraction of sp³-hybridized carbons (Fsp3) is 0.455. The Morgan fingerprint density at radius 3 is 2.30 bits per heavy atom. The summed E-state index contributed by atoms with van der Waals surface area (Å²) >= 11 is 0. The van der Waals surface area contributed by atoms with E-state index in [4.69, 9.17) is 4.74 Å². The molecule has 1 N–H and O–H groups in total. The second-order valence-electron chi connectivity index (χ2n) is 7.53. The molecule has 146 valence electrons. The Balaban J connectivity index is 2.07. The lowest BCUT2D eigenvalue weighted by atomic mass is 10.1. The smallest absolute Gasteiger partial charge is 0.254 e. The fourth-order valence-corrected chi connectivity index (χ4v) is 3.16. The standard InChI is InChI=1S/C22H31N3O2/c1-15(2)25(16(3)4)22(26)19-11-17(5)12-21(13-19)27-14-18(6)24-20-7-9-23-10-8-20/h7-13,15-16,18H,14H2,1-6H3,(H,23,24). The Bertz CT molecular complexity index is 736. The third-order valence-electron chi connectivity index (χ3n) is 4.24. The molecule has 1 heterocycles. The van der Waals surface area contributed by atoms with Gasteiger partial charge in [-0.2, -0.15) is 0 Å². The summed E-state index contributed by atoms with van der Waals surface area (Å²) in [5, 5.41) is 3.37. The Labute approximate surface area is 162 Å². The monoisotopic (exact) mass is 369 g/mol. The number of hydrogen-bond acceptors (Lipinski definition) is 4. The molecule has 0 radical (unpaired) electrons. The quantitative estimate of drug-likeness (QED) is 0.743. The number of aromatic nitrogens is 1. The van der Waals surface area contributed by atoms with Crippen LogP contribution in [0.1, 0.15) is 50.5 Å². The number of benzene rings is 1. The van der Waals surface area contributed by atoms with Gasteiger partial charge in [-0.05, 0) is 77.4 Å². The molecule has 0 saturated heterocycles. The van der Waals surface area contributed by atoms with Gasteiger partial charge in [0.2, 0.25) is 0 Å². The predicted molar refractivity (Wildman–Crippen MR) is 110 cm³/mol. The molecule has 1 aromatic heterocycles. The first-order valence-electron chi connectivity index (χ1n) is 9.51. The highest BCUT2D eigenvalue weighted by molar-refractivity contribution is 5.95. The largest absolute Gasteiger partial charge is 0.491 e. The fourth-order valence-electron chi connectivity index (χ4n) is 3.16. The molecule has 2 aromatic rings. The summed E-state index contributed by atoms with van der Waals surface area (Å²) in [6.45, 7) is 12.7. The van der Waals surface area contributed by atoms with Crippen LogP contribution in [0.4, 0.5) is 5.69 Å². The van der Waals surface area contributed by atoms with Crippen LogP contribution in [0.5, 0.6) is 5.75 Å². The van der Waals surface area contributed by atoms with Gasteiger partial charge in [0.25, 0.3) is 5.91 Å². The van der Waals surface area contributed by atoms with E-state index in [0.29, 0.717) is 17.9 Å². The molecule has 1 atom stereocenters. The Morgan fingerprint density at radius 2 is 1.70 bits per heavy atom. The average molecular weight is 370 g/mol. The first-order chi connectivity index (χ1) is 12.8. The van der Waals surface area contributed by atoms with Crippen LogP contribution in [0.25, 0.3) is 0 Å². The Kier molecular flexibility index (Phi) is 7.22. The molecule has 0 aliphatic rings. The van der Waals surface area contributed by atoms with Gasteiger partial charge in [0.15, 0.2) is 0 Å². The van der Waals surface area contributed by atoms with E-state index in [-0.39, 0.29) is 24.0 Å². The van der Waals surface area contributed by atoms with Crippen molar-refractivity contribution >= 4 is 11.6 Å². The minimum Gasteiger partial charge on any atom is -0.491 e. The molecule has 0 spiro atoms. The van der Waals surface area contributed by atoms with Crippen molar-refractivity contribution in [2.75, 3.05) is 11.9 Å². The van der Waals surface area contributed by atoms with Gasteiger partial charge in [-0.3, -0.25) is 9.78 Å². The first-order valence-corrected chi connectivity index (χ1v) is 9.51. The third-order valence-corrected chi connectivity index (χ3v) is 4.24. The van der Waals surface area contributed by atoms with Gasteiger partial charge < -0.3 is 15.0 Å². The maximum atomic E-state index is 13.0. The van der Waals surface area contributed by atoms with Crippen molar-refractivity contribution in [2.45, 2.75) is 59.7 Å². The molecule has 5 nitrogen and oxygen atoms in total. The van der Waals surface area contributed by atoms with Crippen LogP contribution in [0, 0.1) is 6.92 Å². The van der Waals surface area contributed by atoms with E-state index in [1.807, 2.05) is 69.9 Å². The molecule has 5 heteroatoms. The van der Waals surface area contributed by atoms with Crippen molar-refractivity contribution in [3.63, 3.8) is 0 Å². The van der Waals surface area contributed by atoms with Gasteiger partial charge in [0.05, 0.1) is 6.04 Å². The summed E-state index contributed by atoms with van der Waals surface area (Å²) in [7, 11) is 0. The van der Waals surface area contributed by atoms with Crippen LogP contribution in [0.3, 0.4) is 0 Å². The molecule has 0 aliphatic heterocycles. The number of aryl methyl sites for hydroxylation is 1. The molecule has 27 heavy (non-hydrogen) atoms. The van der Waals surface area contributed by atoms with Gasteiger partial charge in [-0.15, -0.1) is 0 Å². The molecule has 0 fully saturated rings. The van der Waals surface area contributed by atoms with Gasteiger partial charge in [0.1, 0.15) is 12.4 Å². The van der Waals surface area contributed by atoms with Crippen LogP contribution >= 0.6 is 0 Å². The number of nitrogens with zero attached hydrogens (tertiary/aromatic N) is 2. The highest BCUT2D eigenvalue weighted by Crippen LogP contribution is 2.21. The zero-order valence-electron chi connectivity index (χ0n) is 17.2. The number of carbonyl (C=O) groups excluding carboxylic acids is 1. The van der Waals surface area contributed by atoms with Gasteiger partial charge in [-0.1, -0.05) is 0 Å². The lowest BCUT2D eigenvalue weighted by Crippen LogP contribution is -2.42. The van der Waals surface area contributed by atoms with E-state index in [9.17, 15) is 4.79 Å². The Morgan fingerprint density at radius 1 is 1.07 bits per heavy atom. The summed E-state index contributed by atoms with van der Waals surface area (Å²) in [4.78, 5) is 18.9. The van der Waals surface area contributed by atoms with Gasteiger partial charge >= 0.3 is 0 Å². The normalized spacial score (nSPS) is 12.1. The van der Waals surface area contributed by atoms with Crippen molar-refractivity contribution in [1.82, 2.24) is 9.88 Å². The number of nitrogens with one attached hydrogen (secondary N) is 1. The molecular formula is C22H31N3O2. The van der Waals surface area contributed by atoms with Crippen LogP contribution in [-0.2, 0) is 0 Å². The van der Waals surface area contributed by atoms with E-state index in [0.717, 1.165) is 11.3 Å². The molecule has 1 aromatic carbocycles. The summed E-state index contributed by atoms with van der Waals surface area (Å²) in [5.41, 5.74) is 2.69. The Hall–Kier alpha value is -2.56. The predicted octanol–water partition coefficient (Wildman–Crippen LogP) is 4.53. The molecular weight excluding hydrogens is 338 g/mol. The molecule has 1 unspecified atom stereocenters. The molecule has 1 amide bonds. The number of pyridine rings is 1. The minimum absolute atomic E-state index is 0.0384. The van der Waals surface area contributed by atoms with Crippen molar-refractivity contribution in [2.24, 2.45) is 0 Å². The van der Waals surface area contributed by atoms with E-state index in [2.05, 4.69) is 17.2 Å². The number of amides is 1. The summed E-state index contributed by atoms with van der Waals surface area (Å²) in [6.07, 6.45) is 3.51. The molecule has 0 aliphatic carbocycles. The van der Waals surface area contributed by atoms with E-state index in [1.54, 1.807) is 12.4 Å². The van der Waals surface area contributed by atoms with Gasteiger partial charge in [0, 0.05) is 35.7 Å². The average Bonchev–Trinajstić information content (AvgIpc) is 2.59. The molecule has 2 rings (SSSR count). The van der Waals surface area contributed by atoms with Crippen molar-refractivity contribution < 1.29 is 9.53 Å². The second-order valence-corrected chi connectivity index (χ2v) is 7.53. The number of rotatable bonds is 8. The van der Waals surface area contributed by atoms with Crippen molar-refractivity contribution in [3.8, 4) is 5.75 Å². The zero-order chi connectivity index (χ0) is 20.0. The lowest BCUT2D eigenvalue weighted by Gasteiger charge is -2.31. The SMILES string of the molecule is Cc1cc(OCC(C)Nc2ccncc2)cc(C(=O)N(C(C)C)C(C)C)c1. The summed E-state index contributed by atoms with van der Waals surface area (Å²) in [5.74, 6) is 0.755. The van der Waals surface area contributed by atoms with E-state index in [1.165, 1.54) is 0 Å². The zero-order valence-corrected chi connectivity index (χ0v) is 17.2. The highest BCUT2D eigenvalue weighted by atomic mass is 16.5. The maximum Gasteiger partial charge on any atom is 0.254 e. The van der Waals surface area contributed by atoms with Crippen LogP contribution in [0.15, 0.2) is 42.7 Å². The van der Waals surface area contributed by atoms with Crippen LogP contribution in [0.2, 0.25) is 0 Å². The summed E-state index contributed by atoms with van der Waals surface area (Å²) < 4.78 is 5.96. The van der Waals surface area contributed by atoms with Crippen LogP contribution in [-0.4, -0.2) is 40.5 Å². The van der Waals surface area contributed by atoms with Gasteiger partial charge in [-0.25, -0.2) is 0 Å². The van der Waals surface area contributed by atoms with E-state index >= 15 is 0 Å². The topological polar surface area (TPSA) is 54.5 Å². The summed E-state index contributed by atoms with van der Waals surface area (Å²) in [6, 6.07) is 9.98. The number of ether oxygens (including phenoxy) is 1. The number of hydrogen-bond donors (Lipinski definition) is 1. The third kappa shape index (κ3) is 5.98. The van der Waals surface area contributed by atoms with E-state index < -0.39 is 0 Å². The maximum absolute atomic E-state index is 13.0. The molecule has 0 bridgehead atoms. The number of anilines is 1. The highest BCUT2D eigenvalue weighted by Gasteiger charge is 2.22. The second kappa shape index (κ2) is 9.40. The van der Waals surface area contributed by atoms with Crippen molar-refractivity contribution in [1.29, 1.82) is 0 Å².